The zero-order valence-corrected chi connectivity index (χ0v) is 10.4. The summed E-state index contributed by atoms with van der Waals surface area (Å²) in [5.74, 6) is 1.13. The highest BCUT2D eigenvalue weighted by Gasteiger charge is 2.45. The molecule has 2 aliphatic carbocycles. The highest BCUT2D eigenvalue weighted by atomic mass is 16.5. The molecule has 4 nitrogen and oxygen atoms in total. The fourth-order valence-electron chi connectivity index (χ4n) is 3.30. The van der Waals surface area contributed by atoms with Gasteiger partial charge in [0, 0.05) is 20.1 Å². The first kappa shape index (κ1) is 12.6. The standard InChI is InChI=1S/C13H20O4/c1-15-7-10-9-3-5-11(16-2)13(10)12(6-4-9)17-8-14/h4,6,8-13H,3,5,7H2,1-2H3/t9-,10+,11-,12-,13+/m0/s1. The van der Waals surface area contributed by atoms with Crippen LogP contribution in [0.25, 0.3) is 0 Å². The number of ether oxygens (including phenoxy) is 3. The van der Waals surface area contributed by atoms with E-state index >= 15 is 0 Å². The number of carbonyl (C=O) groups excluding carboxylic acids is 1. The number of hydrogen-bond acceptors (Lipinski definition) is 4. The van der Waals surface area contributed by atoms with E-state index in [0.717, 1.165) is 12.8 Å². The maximum atomic E-state index is 10.6. The van der Waals surface area contributed by atoms with Crippen molar-refractivity contribution in [1.82, 2.24) is 0 Å². The van der Waals surface area contributed by atoms with Crippen LogP contribution in [0.15, 0.2) is 12.2 Å². The predicted molar refractivity (Wildman–Crippen MR) is 62.5 cm³/mol. The zero-order chi connectivity index (χ0) is 12.3. The van der Waals surface area contributed by atoms with Crippen molar-refractivity contribution < 1.29 is 19.0 Å². The first-order valence-corrected chi connectivity index (χ1v) is 6.11. The number of allylic oxidation sites excluding steroid dienone is 1. The molecule has 0 amide bonds. The molecule has 5 atom stereocenters. The quantitative estimate of drug-likeness (QED) is 0.538. The van der Waals surface area contributed by atoms with Crippen molar-refractivity contribution in [3.63, 3.8) is 0 Å². The Bertz CT molecular complexity index is 289. The van der Waals surface area contributed by atoms with Gasteiger partial charge in [-0.05, 0) is 30.8 Å². The Morgan fingerprint density at radius 1 is 1.29 bits per heavy atom. The Hall–Kier alpha value is -0.870. The van der Waals surface area contributed by atoms with Crippen molar-refractivity contribution in [3.8, 4) is 0 Å². The van der Waals surface area contributed by atoms with Crippen LogP contribution in [0.4, 0.5) is 0 Å². The van der Waals surface area contributed by atoms with Crippen molar-refractivity contribution in [1.29, 1.82) is 0 Å². The molecular weight excluding hydrogens is 220 g/mol. The SMILES string of the molecule is COC[C@H]1[C@H]2[C@@H](OC=O)C=C[C@@H]1CC[C@@H]2OC. The molecule has 0 spiro atoms. The Balaban J connectivity index is 2.21. The molecule has 0 aliphatic heterocycles. The maximum Gasteiger partial charge on any atom is 0.293 e. The van der Waals surface area contributed by atoms with Gasteiger partial charge in [0.15, 0.2) is 0 Å². The minimum atomic E-state index is -0.172. The van der Waals surface area contributed by atoms with E-state index in [-0.39, 0.29) is 18.1 Å². The van der Waals surface area contributed by atoms with Gasteiger partial charge in [-0.2, -0.15) is 0 Å². The Morgan fingerprint density at radius 2 is 2.12 bits per heavy atom. The van der Waals surface area contributed by atoms with Crippen molar-refractivity contribution >= 4 is 6.47 Å². The second kappa shape index (κ2) is 5.65. The zero-order valence-electron chi connectivity index (χ0n) is 10.4. The minimum Gasteiger partial charge on any atom is -0.460 e. The molecule has 0 heterocycles. The molecule has 2 aliphatic rings. The molecule has 0 aromatic heterocycles. The Kier molecular flexibility index (Phi) is 4.18. The average molecular weight is 240 g/mol. The normalized spacial score (nSPS) is 40.0. The monoisotopic (exact) mass is 240 g/mol. The number of methoxy groups -OCH3 is 2. The number of carbonyl (C=O) groups is 1. The number of fused-ring (bicyclic) bond motifs is 2. The summed E-state index contributed by atoms with van der Waals surface area (Å²) in [6.07, 6.45) is 6.29. The van der Waals surface area contributed by atoms with Gasteiger partial charge in [0.05, 0.1) is 12.7 Å². The van der Waals surface area contributed by atoms with Gasteiger partial charge in [0.25, 0.3) is 6.47 Å². The van der Waals surface area contributed by atoms with Crippen LogP contribution in [-0.4, -0.2) is 39.5 Å². The lowest BCUT2D eigenvalue weighted by Crippen LogP contribution is -2.49. The highest BCUT2D eigenvalue weighted by Crippen LogP contribution is 2.43. The molecule has 0 N–H and O–H groups in total. The third kappa shape index (κ3) is 2.38. The summed E-state index contributed by atoms with van der Waals surface area (Å²) in [6.45, 7) is 1.22. The molecule has 0 unspecified atom stereocenters. The summed E-state index contributed by atoms with van der Waals surface area (Å²) in [4.78, 5) is 10.6. The van der Waals surface area contributed by atoms with E-state index in [9.17, 15) is 4.79 Å². The lowest BCUT2D eigenvalue weighted by molar-refractivity contribution is -0.144. The lowest BCUT2D eigenvalue weighted by atomic mass is 9.65. The summed E-state index contributed by atoms with van der Waals surface area (Å²) >= 11 is 0. The van der Waals surface area contributed by atoms with Crippen LogP contribution in [0, 0.1) is 17.8 Å². The van der Waals surface area contributed by atoms with Crippen LogP contribution in [0.2, 0.25) is 0 Å². The van der Waals surface area contributed by atoms with E-state index < -0.39 is 0 Å². The average Bonchev–Trinajstić information content (AvgIpc) is 2.33. The van der Waals surface area contributed by atoms with Gasteiger partial charge in [-0.25, -0.2) is 0 Å². The van der Waals surface area contributed by atoms with E-state index in [1.54, 1.807) is 14.2 Å². The smallest absolute Gasteiger partial charge is 0.293 e. The van der Waals surface area contributed by atoms with Gasteiger partial charge < -0.3 is 14.2 Å². The van der Waals surface area contributed by atoms with Gasteiger partial charge in [-0.15, -0.1) is 0 Å². The molecule has 17 heavy (non-hydrogen) atoms. The third-order valence-corrected chi connectivity index (χ3v) is 4.06. The number of rotatable bonds is 5. The second-order valence-electron chi connectivity index (χ2n) is 4.79. The molecule has 1 fully saturated rings. The van der Waals surface area contributed by atoms with Crippen molar-refractivity contribution in [2.75, 3.05) is 20.8 Å². The third-order valence-electron chi connectivity index (χ3n) is 4.06. The molecular formula is C13H20O4. The summed E-state index contributed by atoms with van der Waals surface area (Å²) in [5.41, 5.74) is 0. The molecule has 0 aromatic rings. The summed E-state index contributed by atoms with van der Waals surface area (Å²) in [6, 6.07) is 0. The van der Waals surface area contributed by atoms with E-state index in [4.69, 9.17) is 14.2 Å². The van der Waals surface area contributed by atoms with E-state index in [1.807, 2.05) is 6.08 Å². The summed E-state index contributed by atoms with van der Waals surface area (Å²) < 4.78 is 16.0. The molecule has 0 saturated heterocycles. The molecule has 2 rings (SSSR count). The van der Waals surface area contributed by atoms with Gasteiger partial charge >= 0.3 is 0 Å². The lowest BCUT2D eigenvalue weighted by Gasteiger charge is -2.46. The molecule has 96 valence electrons. The van der Waals surface area contributed by atoms with E-state index in [0.29, 0.717) is 24.9 Å². The second-order valence-corrected chi connectivity index (χ2v) is 4.79. The van der Waals surface area contributed by atoms with Gasteiger partial charge in [-0.3, -0.25) is 4.79 Å². The van der Waals surface area contributed by atoms with E-state index in [2.05, 4.69) is 6.08 Å². The summed E-state index contributed by atoms with van der Waals surface area (Å²) in [7, 11) is 3.44. The molecule has 1 saturated carbocycles. The topological polar surface area (TPSA) is 44.8 Å². The summed E-state index contributed by atoms with van der Waals surface area (Å²) in [5, 5.41) is 0. The van der Waals surface area contributed by atoms with Crippen molar-refractivity contribution in [2.45, 2.75) is 25.0 Å². The Morgan fingerprint density at radius 3 is 2.76 bits per heavy atom. The van der Waals surface area contributed by atoms with Crippen LogP contribution < -0.4 is 0 Å². The Labute approximate surface area is 102 Å². The highest BCUT2D eigenvalue weighted by molar-refractivity contribution is 5.38. The molecule has 0 radical (unpaired) electrons. The van der Waals surface area contributed by atoms with Crippen LogP contribution in [0.5, 0.6) is 0 Å². The van der Waals surface area contributed by atoms with Crippen LogP contribution in [0.1, 0.15) is 12.8 Å². The predicted octanol–water partition coefficient (Wildman–Crippen LogP) is 1.40. The first-order chi connectivity index (χ1) is 8.31. The molecule has 0 aromatic carbocycles. The van der Waals surface area contributed by atoms with E-state index in [1.165, 1.54) is 0 Å². The van der Waals surface area contributed by atoms with Crippen molar-refractivity contribution in [3.05, 3.63) is 12.2 Å². The molecule has 2 bridgehead atoms. The fourth-order valence-corrected chi connectivity index (χ4v) is 3.30. The minimum absolute atomic E-state index is 0.154. The first-order valence-electron chi connectivity index (χ1n) is 6.11. The van der Waals surface area contributed by atoms with Crippen molar-refractivity contribution in [2.24, 2.45) is 17.8 Å². The van der Waals surface area contributed by atoms with Gasteiger partial charge in [0.1, 0.15) is 6.10 Å². The van der Waals surface area contributed by atoms with Crippen LogP contribution in [0.3, 0.4) is 0 Å². The van der Waals surface area contributed by atoms with Gasteiger partial charge in [-0.1, -0.05) is 6.08 Å². The van der Waals surface area contributed by atoms with Gasteiger partial charge in [0.2, 0.25) is 0 Å². The van der Waals surface area contributed by atoms with Crippen LogP contribution >= 0.6 is 0 Å². The largest absolute Gasteiger partial charge is 0.460 e. The fraction of sp³-hybridized carbons (Fsp3) is 0.769. The maximum absolute atomic E-state index is 10.6. The van der Waals surface area contributed by atoms with Crippen LogP contribution in [-0.2, 0) is 19.0 Å². The number of hydrogen-bond donors (Lipinski definition) is 0. The molecule has 4 heteroatoms.